The molecule has 0 aromatic heterocycles. The van der Waals surface area contributed by atoms with Crippen LogP contribution in [0, 0.1) is 5.41 Å². The van der Waals surface area contributed by atoms with Gasteiger partial charge in [0.15, 0.2) is 5.84 Å². The van der Waals surface area contributed by atoms with Gasteiger partial charge in [-0.2, -0.15) is 15.6 Å². The molecule has 0 saturated carbocycles. The van der Waals surface area contributed by atoms with Gasteiger partial charge in [-0.25, -0.2) is 9.98 Å². The van der Waals surface area contributed by atoms with E-state index in [0.717, 1.165) is 35.8 Å². The van der Waals surface area contributed by atoms with Crippen molar-refractivity contribution in [3.8, 4) is 0 Å². The summed E-state index contributed by atoms with van der Waals surface area (Å²) in [6.45, 7) is 12.5. The molecule has 2 heterocycles. The first-order valence-corrected chi connectivity index (χ1v) is 12.4. The van der Waals surface area contributed by atoms with Crippen LogP contribution in [0.2, 0.25) is 0 Å². The molecule has 2 unspecified atom stereocenters. The molecule has 4 rings (SSSR count). The average molecular weight is 481 g/mol. The molecule has 0 aliphatic carbocycles. The highest BCUT2D eigenvalue weighted by Gasteiger charge is 2.41. The third kappa shape index (κ3) is 5.03. The van der Waals surface area contributed by atoms with Crippen molar-refractivity contribution in [2.75, 3.05) is 22.7 Å². The summed E-state index contributed by atoms with van der Waals surface area (Å²) in [6, 6.07) is 15.3. The molecule has 0 spiro atoms. The van der Waals surface area contributed by atoms with E-state index >= 15 is 0 Å². The molecule has 2 aliphatic rings. The van der Waals surface area contributed by atoms with Crippen LogP contribution in [-0.2, 0) is 11.3 Å². The summed E-state index contributed by atoms with van der Waals surface area (Å²) in [4.78, 5) is 12.1. The van der Waals surface area contributed by atoms with Gasteiger partial charge in [-0.1, -0.05) is 32.9 Å². The molecule has 2 N–H and O–H groups in total. The first kappa shape index (κ1) is 24.1. The van der Waals surface area contributed by atoms with E-state index in [4.69, 9.17) is 15.1 Å². The molecule has 34 heavy (non-hydrogen) atoms. The van der Waals surface area contributed by atoms with Gasteiger partial charge in [0.05, 0.1) is 11.4 Å². The summed E-state index contributed by atoms with van der Waals surface area (Å²) >= 11 is -2.36. The molecule has 0 radical (unpaired) electrons. The number of rotatable bonds is 7. The lowest BCUT2D eigenvalue weighted by molar-refractivity contribution is 0.317. The fourth-order valence-electron chi connectivity index (χ4n) is 3.92. The van der Waals surface area contributed by atoms with Crippen LogP contribution in [0.5, 0.6) is 0 Å². The van der Waals surface area contributed by atoms with Crippen LogP contribution in [0.1, 0.15) is 46.3 Å². The number of aliphatic imine (C=N–C) groups is 2. The smallest absolute Gasteiger partial charge is 0.191 e. The Balaban J connectivity index is 1.63. The Kier molecular flexibility index (Phi) is 6.83. The van der Waals surface area contributed by atoms with Crippen molar-refractivity contribution in [2.24, 2.45) is 20.5 Å². The van der Waals surface area contributed by atoms with E-state index in [-0.39, 0.29) is 11.6 Å². The number of anilines is 2. The topological polar surface area (TPSA) is 108 Å². The van der Waals surface area contributed by atoms with E-state index in [9.17, 15) is 8.76 Å². The number of hydrazone groups is 1. The maximum atomic E-state index is 10.8. The number of hydrazine groups is 1. The SMILES string of the molecule is CCN(CC)c1ccc(N=C2C3=NC(c4ccc(NS(=O)[O-])cc4)NN3N=C2C(C)(C)C)cc1. The number of amidine groups is 1. The van der Waals surface area contributed by atoms with E-state index in [2.05, 4.69) is 61.8 Å². The van der Waals surface area contributed by atoms with Crippen molar-refractivity contribution >= 4 is 45.6 Å². The summed E-state index contributed by atoms with van der Waals surface area (Å²) in [7, 11) is 0. The fraction of sp³-hybridized carbons (Fsp3) is 0.375. The first-order chi connectivity index (χ1) is 16.2. The third-order valence-electron chi connectivity index (χ3n) is 5.69. The van der Waals surface area contributed by atoms with Gasteiger partial charge in [-0.3, -0.25) is 4.21 Å². The predicted octanol–water partition coefficient (Wildman–Crippen LogP) is 4.14. The van der Waals surface area contributed by atoms with Gasteiger partial charge >= 0.3 is 0 Å². The summed E-state index contributed by atoms with van der Waals surface area (Å²) in [5.74, 6) is 0.672. The molecule has 2 atom stereocenters. The van der Waals surface area contributed by atoms with Crippen molar-refractivity contribution in [3.05, 3.63) is 54.1 Å². The van der Waals surface area contributed by atoms with Crippen molar-refractivity contribution in [3.63, 3.8) is 0 Å². The highest BCUT2D eigenvalue weighted by molar-refractivity contribution is 7.80. The Morgan fingerprint density at radius 3 is 2.32 bits per heavy atom. The summed E-state index contributed by atoms with van der Waals surface area (Å²) in [5, 5.41) is 6.47. The minimum absolute atomic E-state index is 0.217. The summed E-state index contributed by atoms with van der Waals surface area (Å²) < 4.78 is 24.0. The second kappa shape index (κ2) is 9.65. The van der Waals surface area contributed by atoms with E-state index in [0.29, 0.717) is 11.5 Å². The number of fused-ring (bicyclic) bond motifs is 1. The number of hydrogen-bond donors (Lipinski definition) is 2. The molecule has 0 bridgehead atoms. The van der Waals surface area contributed by atoms with Crippen molar-refractivity contribution in [2.45, 2.75) is 40.8 Å². The number of benzene rings is 2. The zero-order valence-corrected chi connectivity index (χ0v) is 20.9. The van der Waals surface area contributed by atoms with Crippen LogP contribution >= 0.6 is 0 Å². The van der Waals surface area contributed by atoms with E-state index in [1.165, 1.54) is 5.69 Å². The fourth-order valence-corrected chi connectivity index (χ4v) is 4.25. The van der Waals surface area contributed by atoms with Crippen LogP contribution in [0.15, 0.2) is 63.6 Å². The number of nitrogens with one attached hydrogen (secondary N) is 2. The maximum absolute atomic E-state index is 10.8. The molecule has 2 aromatic rings. The molecule has 0 amide bonds. The van der Waals surface area contributed by atoms with Crippen molar-refractivity contribution in [1.82, 2.24) is 10.5 Å². The highest BCUT2D eigenvalue weighted by Crippen LogP contribution is 2.31. The van der Waals surface area contributed by atoms with Crippen LogP contribution in [0.25, 0.3) is 0 Å². The lowest BCUT2D eigenvalue weighted by atomic mass is 9.87. The molecule has 0 saturated heterocycles. The molecule has 180 valence electrons. The molecule has 10 heteroatoms. The van der Waals surface area contributed by atoms with Crippen molar-refractivity contribution in [1.29, 1.82) is 0 Å². The molecular formula is C24H30N7O2S-. The van der Waals surface area contributed by atoms with E-state index < -0.39 is 11.3 Å². The quantitative estimate of drug-likeness (QED) is 0.579. The first-order valence-electron chi connectivity index (χ1n) is 11.3. The second-order valence-corrected chi connectivity index (χ2v) is 9.78. The minimum atomic E-state index is -2.36. The van der Waals surface area contributed by atoms with Gasteiger partial charge in [0.25, 0.3) is 0 Å². The van der Waals surface area contributed by atoms with Gasteiger partial charge in [-0.15, -0.1) is 0 Å². The summed E-state index contributed by atoms with van der Waals surface area (Å²) in [5.41, 5.74) is 8.09. The zero-order chi connectivity index (χ0) is 24.5. The van der Waals surface area contributed by atoms with Gasteiger partial charge in [0.1, 0.15) is 11.9 Å². The van der Waals surface area contributed by atoms with Gasteiger partial charge in [-0.05, 0) is 55.8 Å². The van der Waals surface area contributed by atoms with Crippen molar-refractivity contribution < 1.29 is 8.76 Å². The van der Waals surface area contributed by atoms with Crippen LogP contribution in [-0.4, -0.2) is 44.2 Å². The minimum Gasteiger partial charge on any atom is -0.755 e. The lowest BCUT2D eigenvalue weighted by Crippen LogP contribution is -2.33. The van der Waals surface area contributed by atoms with Crippen LogP contribution < -0.4 is 15.0 Å². The molecule has 2 aromatic carbocycles. The third-order valence-corrected chi connectivity index (χ3v) is 6.09. The van der Waals surface area contributed by atoms with E-state index in [1.807, 2.05) is 24.3 Å². The van der Waals surface area contributed by atoms with E-state index in [1.54, 1.807) is 17.3 Å². The Morgan fingerprint density at radius 2 is 1.76 bits per heavy atom. The maximum Gasteiger partial charge on any atom is 0.191 e. The van der Waals surface area contributed by atoms with Crippen LogP contribution in [0.3, 0.4) is 0 Å². The Bertz CT molecular complexity index is 1150. The Hall–Kier alpha value is -3.08. The Labute approximate surface area is 203 Å². The highest BCUT2D eigenvalue weighted by atomic mass is 32.2. The summed E-state index contributed by atoms with van der Waals surface area (Å²) in [6.07, 6.45) is -0.345. The van der Waals surface area contributed by atoms with Gasteiger partial charge in [0, 0.05) is 41.1 Å². The van der Waals surface area contributed by atoms with Crippen LogP contribution in [0.4, 0.5) is 17.1 Å². The number of nitrogens with zero attached hydrogens (tertiary/aromatic N) is 5. The predicted molar refractivity (Wildman–Crippen MR) is 138 cm³/mol. The largest absolute Gasteiger partial charge is 0.755 e. The van der Waals surface area contributed by atoms with Gasteiger partial charge < -0.3 is 14.2 Å². The molecule has 2 aliphatic heterocycles. The molecule has 0 fully saturated rings. The molecule has 9 nitrogen and oxygen atoms in total. The Morgan fingerprint density at radius 1 is 1.12 bits per heavy atom. The van der Waals surface area contributed by atoms with Gasteiger partial charge in [0.2, 0.25) is 0 Å². The standard InChI is InChI=1S/C24H31N7O2S/c1-6-30(7-2)19-14-12-17(13-15-19)25-20-21(24(3,4)5)27-31-23(20)26-22(28-31)16-8-10-18(11-9-16)29-34(32)33/h8-15,22,28-29H,6-7H2,1-5H3,(H,32,33)/p-1. The lowest BCUT2D eigenvalue weighted by Gasteiger charge is -2.21. The zero-order valence-electron chi connectivity index (χ0n) is 20.1. The number of hydrogen-bond acceptors (Lipinski definition) is 8. The molecular weight excluding hydrogens is 450 g/mol. The normalized spacial score (nSPS) is 19.6. The second-order valence-electron chi connectivity index (χ2n) is 9.10. The monoisotopic (exact) mass is 480 g/mol. The average Bonchev–Trinajstić information content (AvgIpc) is 3.35.